The number of urea groups is 1. The third kappa shape index (κ3) is 7.00. The molecule has 9 heteroatoms. The predicted molar refractivity (Wildman–Crippen MR) is 71.9 cm³/mol. The SMILES string of the molecule is CCCN(CC(F)(F)F)C(=O)CNC(=O)NCc1ccco1. The fourth-order valence-corrected chi connectivity index (χ4v) is 1.69. The molecule has 0 aliphatic rings. The Balaban J connectivity index is 2.36. The van der Waals surface area contributed by atoms with E-state index in [0.29, 0.717) is 17.1 Å². The third-order valence-electron chi connectivity index (χ3n) is 2.62. The minimum Gasteiger partial charge on any atom is -0.467 e. The van der Waals surface area contributed by atoms with Crippen molar-refractivity contribution in [3.8, 4) is 0 Å². The number of amides is 3. The molecular weight excluding hydrogens is 303 g/mol. The highest BCUT2D eigenvalue weighted by atomic mass is 19.4. The second-order valence-corrected chi connectivity index (χ2v) is 4.55. The molecule has 0 atom stereocenters. The molecule has 0 unspecified atom stereocenters. The molecule has 22 heavy (non-hydrogen) atoms. The zero-order valence-electron chi connectivity index (χ0n) is 12.1. The maximum Gasteiger partial charge on any atom is 0.406 e. The lowest BCUT2D eigenvalue weighted by molar-refractivity contribution is -0.160. The van der Waals surface area contributed by atoms with Crippen LogP contribution in [0.25, 0.3) is 0 Å². The molecule has 0 bridgehead atoms. The van der Waals surface area contributed by atoms with Gasteiger partial charge in [0.05, 0.1) is 19.4 Å². The second-order valence-electron chi connectivity index (χ2n) is 4.55. The van der Waals surface area contributed by atoms with Crippen molar-refractivity contribution in [1.82, 2.24) is 15.5 Å². The molecule has 2 N–H and O–H groups in total. The van der Waals surface area contributed by atoms with E-state index >= 15 is 0 Å². The molecule has 0 fully saturated rings. The first kappa shape index (κ1) is 17.9. The summed E-state index contributed by atoms with van der Waals surface area (Å²) < 4.78 is 42.1. The van der Waals surface area contributed by atoms with Crippen LogP contribution in [0.1, 0.15) is 19.1 Å². The van der Waals surface area contributed by atoms with E-state index in [1.807, 2.05) is 0 Å². The Hall–Kier alpha value is -2.19. The van der Waals surface area contributed by atoms with Crippen LogP contribution in [0.5, 0.6) is 0 Å². The molecule has 0 saturated carbocycles. The summed E-state index contributed by atoms with van der Waals surface area (Å²) in [5.41, 5.74) is 0. The largest absolute Gasteiger partial charge is 0.467 e. The van der Waals surface area contributed by atoms with E-state index in [-0.39, 0.29) is 13.1 Å². The standard InChI is InChI=1S/C13H18F3N3O3/c1-2-5-19(9-13(14,15)16)11(20)8-18-12(21)17-7-10-4-3-6-22-10/h3-4,6H,2,5,7-9H2,1H3,(H2,17,18,21). The van der Waals surface area contributed by atoms with Gasteiger partial charge in [0.2, 0.25) is 5.91 Å². The van der Waals surface area contributed by atoms with Gasteiger partial charge in [0, 0.05) is 6.54 Å². The number of hydrogen-bond donors (Lipinski definition) is 2. The van der Waals surface area contributed by atoms with Crippen LogP contribution in [0.2, 0.25) is 0 Å². The van der Waals surface area contributed by atoms with E-state index in [1.165, 1.54) is 6.26 Å². The summed E-state index contributed by atoms with van der Waals surface area (Å²) in [7, 11) is 0. The van der Waals surface area contributed by atoms with Crippen LogP contribution in [-0.4, -0.2) is 42.6 Å². The van der Waals surface area contributed by atoms with Crippen LogP contribution in [0.4, 0.5) is 18.0 Å². The fraction of sp³-hybridized carbons (Fsp3) is 0.538. The number of nitrogens with one attached hydrogen (secondary N) is 2. The van der Waals surface area contributed by atoms with Crippen LogP contribution in [0.3, 0.4) is 0 Å². The van der Waals surface area contributed by atoms with Gasteiger partial charge < -0.3 is 20.0 Å². The molecule has 124 valence electrons. The van der Waals surface area contributed by atoms with Crippen molar-refractivity contribution in [2.45, 2.75) is 26.1 Å². The lowest BCUT2D eigenvalue weighted by Crippen LogP contribution is -2.46. The normalized spacial score (nSPS) is 11.1. The quantitative estimate of drug-likeness (QED) is 0.805. The number of hydrogen-bond acceptors (Lipinski definition) is 3. The fourth-order valence-electron chi connectivity index (χ4n) is 1.69. The Kier molecular flexibility index (Phi) is 6.74. The first-order valence-electron chi connectivity index (χ1n) is 6.70. The van der Waals surface area contributed by atoms with Crippen LogP contribution in [-0.2, 0) is 11.3 Å². The van der Waals surface area contributed by atoms with Crippen molar-refractivity contribution >= 4 is 11.9 Å². The Labute approximate surface area is 125 Å². The van der Waals surface area contributed by atoms with Crippen LogP contribution in [0, 0.1) is 0 Å². The van der Waals surface area contributed by atoms with E-state index in [0.717, 1.165) is 0 Å². The minimum atomic E-state index is -4.47. The minimum absolute atomic E-state index is 0.0198. The zero-order valence-corrected chi connectivity index (χ0v) is 12.1. The predicted octanol–water partition coefficient (Wildman–Crippen LogP) is 1.88. The number of furan rings is 1. The summed E-state index contributed by atoms with van der Waals surface area (Å²) in [5, 5.41) is 4.64. The van der Waals surface area contributed by atoms with E-state index in [2.05, 4.69) is 10.6 Å². The molecule has 0 spiro atoms. The van der Waals surface area contributed by atoms with Gasteiger partial charge in [-0.1, -0.05) is 6.92 Å². The molecule has 1 aromatic heterocycles. The summed E-state index contributed by atoms with van der Waals surface area (Å²) in [6.45, 7) is -0.0577. The van der Waals surface area contributed by atoms with E-state index < -0.39 is 31.2 Å². The van der Waals surface area contributed by atoms with E-state index in [1.54, 1.807) is 19.1 Å². The Morgan fingerprint density at radius 1 is 1.32 bits per heavy atom. The van der Waals surface area contributed by atoms with Crippen molar-refractivity contribution in [3.63, 3.8) is 0 Å². The van der Waals surface area contributed by atoms with Crippen LogP contribution in [0.15, 0.2) is 22.8 Å². The number of carbonyl (C=O) groups is 2. The average molecular weight is 321 g/mol. The van der Waals surface area contributed by atoms with Gasteiger partial charge in [-0.3, -0.25) is 4.79 Å². The summed E-state index contributed by atoms with van der Waals surface area (Å²) in [6, 6.07) is 2.64. The molecule has 1 heterocycles. The molecule has 0 aliphatic carbocycles. The van der Waals surface area contributed by atoms with Gasteiger partial charge in [-0.2, -0.15) is 13.2 Å². The molecule has 1 rings (SSSR count). The summed E-state index contributed by atoms with van der Waals surface area (Å²) in [4.78, 5) is 23.8. The zero-order chi connectivity index (χ0) is 16.6. The smallest absolute Gasteiger partial charge is 0.406 e. The third-order valence-corrected chi connectivity index (χ3v) is 2.62. The first-order chi connectivity index (χ1) is 10.3. The van der Waals surface area contributed by atoms with Gasteiger partial charge in [0.1, 0.15) is 12.3 Å². The van der Waals surface area contributed by atoms with E-state index in [4.69, 9.17) is 4.42 Å². The Morgan fingerprint density at radius 3 is 2.59 bits per heavy atom. The topological polar surface area (TPSA) is 74.6 Å². The molecule has 6 nitrogen and oxygen atoms in total. The molecule has 0 radical (unpaired) electrons. The van der Waals surface area contributed by atoms with Gasteiger partial charge in [-0.05, 0) is 18.6 Å². The van der Waals surface area contributed by atoms with Gasteiger partial charge in [0.15, 0.2) is 0 Å². The van der Waals surface area contributed by atoms with Gasteiger partial charge in [-0.25, -0.2) is 4.79 Å². The summed E-state index contributed by atoms with van der Waals surface area (Å²) >= 11 is 0. The highest BCUT2D eigenvalue weighted by Crippen LogP contribution is 2.16. The van der Waals surface area contributed by atoms with Gasteiger partial charge in [0.25, 0.3) is 0 Å². The highest BCUT2D eigenvalue weighted by Gasteiger charge is 2.32. The molecule has 1 aromatic rings. The van der Waals surface area contributed by atoms with Crippen molar-refractivity contribution in [3.05, 3.63) is 24.2 Å². The molecule has 0 saturated heterocycles. The maximum absolute atomic E-state index is 12.4. The lowest BCUT2D eigenvalue weighted by Gasteiger charge is -2.23. The van der Waals surface area contributed by atoms with Crippen molar-refractivity contribution < 1.29 is 27.2 Å². The van der Waals surface area contributed by atoms with Gasteiger partial charge >= 0.3 is 12.2 Å². The maximum atomic E-state index is 12.4. The Morgan fingerprint density at radius 2 is 2.05 bits per heavy atom. The Bertz CT molecular complexity index is 475. The highest BCUT2D eigenvalue weighted by molar-refractivity contribution is 5.84. The number of carbonyl (C=O) groups excluding carboxylic acids is 2. The number of nitrogens with zero attached hydrogens (tertiary/aromatic N) is 1. The van der Waals surface area contributed by atoms with Crippen LogP contribution < -0.4 is 10.6 Å². The molecule has 0 aliphatic heterocycles. The number of rotatable bonds is 7. The summed E-state index contributed by atoms with van der Waals surface area (Å²) in [6.07, 6.45) is -2.63. The summed E-state index contributed by atoms with van der Waals surface area (Å²) in [5.74, 6) is -0.265. The second kappa shape index (κ2) is 8.30. The van der Waals surface area contributed by atoms with Crippen LogP contribution >= 0.6 is 0 Å². The average Bonchev–Trinajstić information content (AvgIpc) is 2.94. The van der Waals surface area contributed by atoms with Crippen molar-refractivity contribution in [2.75, 3.05) is 19.6 Å². The lowest BCUT2D eigenvalue weighted by atomic mass is 10.3. The monoisotopic (exact) mass is 321 g/mol. The van der Waals surface area contributed by atoms with Crippen molar-refractivity contribution in [1.29, 1.82) is 0 Å². The van der Waals surface area contributed by atoms with Crippen molar-refractivity contribution in [2.24, 2.45) is 0 Å². The van der Waals surface area contributed by atoms with Gasteiger partial charge in [-0.15, -0.1) is 0 Å². The molecule has 3 amide bonds. The molecular formula is C13H18F3N3O3. The van der Waals surface area contributed by atoms with E-state index in [9.17, 15) is 22.8 Å². The first-order valence-corrected chi connectivity index (χ1v) is 6.70. The number of alkyl halides is 3. The molecule has 0 aromatic carbocycles. The number of halogens is 3.